The Morgan fingerprint density at radius 1 is 1.00 bits per heavy atom. The molecule has 0 bridgehead atoms. The monoisotopic (exact) mass is 206 g/mol. The van der Waals surface area contributed by atoms with Gasteiger partial charge in [0.15, 0.2) is 0 Å². The molecular formula is C12H18N2O. The van der Waals surface area contributed by atoms with Gasteiger partial charge in [-0.2, -0.15) is 0 Å². The maximum absolute atomic E-state index is 10.7. The van der Waals surface area contributed by atoms with Crippen molar-refractivity contribution in [2.24, 2.45) is 16.1 Å². The van der Waals surface area contributed by atoms with Gasteiger partial charge in [0, 0.05) is 23.9 Å². The average Bonchev–Trinajstić information content (AvgIpc) is 2.63. The van der Waals surface area contributed by atoms with Gasteiger partial charge in [-0.1, -0.05) is 25.0 Å². The van der Waals surface area contributed by atoms with E-state index in [9.17, 15) is 4.91 Å². The molecule has 2 atom stereocenters. The third kappa shape index (κ3) is 1.12. The molecule has 0 aromatic heterocycles. The normalized spacial score (nSPS) is 43.6. The van der Waals surface area contributed by atoms with Crippen molar-refractivity contribution in [3.63, 3.8) is 0 Å². The Labute approximate surface area is 90.5 Å². The Morgan fingerprint density at radius 2 is 1.53 bits per heavy atom. The molecule has 0 aromatic rings. The van der Waals surface area contributed by atoms with Gasteiger partial charge in [0.1, 0.15) is 0 Å². The first kappa shape index (κ1) is 9.37. The number of hydrogen-bond donors (Lipinski definition) is 0. The van der Waals surface area contributed by atoms with Crippen LogP contribution >= 0.6 is 0 Å². The van der Waals surface area contributed by atoms with Gasteiger partial charge in [-0.05, 0) is 25.7 Å². The summed E-state index contributed by atoms with van der Waals surface area (Å²) in [4.78, 5) is 10.7. The summed E-state index contributed by atoms with van der Waals surface area (Å²) in [6, 6.07) is 0. The van der Waals surface area contributed by atoms with E-state index >= 15 is 0 Å². The lowest BCUT2D eigenvalue weighted by Crippen LogP contribution is -2.44. The van der Waals surface area contributed by atoms with Gasteiger partial charge in [0.05, 0.1) is 5.29 Å². The van der Waals surface area contributed by atoms with Crippen molar-refractivity contribution in [2.45, 2.75) is 38.5 Å². The highest BCUT2D eigenvalue weighted by Gasteiger charge is 2.58. The van der Waals surface area contributed by atoms with Crippen LogP contribution in [0.2, 0.25) is 0 Å². The second kappa shape index (κ2) is 3.06. The van der Waals surface area contributed by atoms with E-state index in [-0.39, 0.29) is 0 Å². The topological polar surface area (TPSA) is 32.7 Å². The van der Waals surface area contributed by atoms with E-state index in [2.05, 4.69) is 17.4 Å². The highest BCUT2D eigenvalue weighted by atomic mass is 16.3. The SMILES string of the molecule is O=NN1C[C@@]23CC=CC[C@@]2(CCCC3)C1. The zero-order chi connectivity index (χ0) is 10.4. The lowest BCUT2D eigenvalue weighted by atomic mass is 9.53. The molecule has 3 aliphatic rings. The summed E-state index contributed by atoms with van der Waals surface area (Å²) in [5, 5.41) is 4.96. The predicted octanol–water partition coefficient (Wildman–Crippen LogP) is 2.88. The number of rotatable bonds is 1. The van der Waals surface area contributed by atoms with Gasteiger partial charge in [0.25, 0.3) is 0 Å². The Morgan fingerprint density at radius 3 is 2.00 bits per heavy atom. The molecule has 0 amide bonds. The van der Waals surface area contributed by atoms with Gasteiger partial charge >= 0.3 is 0 Å². The number of allylic oxidation sites excluding steroid dienone is 2. The quantitative estimate of drug-likeness (QED) is 0.488. The van der Waals surface area contributed by atoms with E-state index in [1.807, 2.05) is 0 Å². The molecule has 1 saturated carbocycles. The molecule has 1 aliphatic heterocycles. The molecule has 2 fully saturated rings. The van der Waals surface area contributed by atoms with Crippen LogP contribution in [0.5, 0.6) is 0 Å². The summed E-state index contributed by atoms with van der Waals surface area (Å²) < 4.78 is 0. The molecule has 0 radical (unpaired) electrons. The Balaban J connectivity index is 1.99. The number of hydrogen-bond acceptors (Lipinski definition) is 2. The van der Waals surface area contributed by atoms with Gasteiger partial charge in [-0.3, -0.25) is 5.01 Å². The molecule has 0 N–H and O–H groups in total. The molecule has 3 nitrogen and oxygen atoms in total. The molecule has 1 saturated heterocycles. The maximum atomic E-state index is 10.7. The van der Waals surface area contributed by atoms with Crippen molar-refractivity contribution < 1.29 is 0 Å². The van der Waals surface area contributed by atoms with E-state index in [0.717, 1.165) is 13.1 Å². The molecule has 0 aromatic carbocycles. The minimum absolute atomic E-state index is 0.383. The van der Waals surface area contributed by atoms with E-state index < -0.39 is 0 Å². The van der Waals surface area contributed by atoms with Crippen molar-refractivity contribution in [3.8, 4) is 0 Å². The van der Waals surface area contributed by atoms with Gasteiger partial charge in [-0.15, -0.1) is 4.91 Å². The van der Waals surface area contributed by atoms with E-state index in [1.54, 1.807) is 5.01 Å². The molecule has 1 heterocycles. The van der Waals surface area contributed by atoms with Crippen molar-refractivity contribution in [3.05, 3.63) is 17.1 Å². The first-order valence-electron chi connectivity index (χ1n) is 6.04. The first-order valence-corrected chi connectivity index (χ1v) is 6.04. The van der Waals surface area contributed by atoms with Gasteiger partial charge in [-0.25, -0.2) is 0 Å². The van der Waals surface area contributed by atoms with Crippen LogP contribution in [0, 0.1) is 15.7 Å². The summed E-state index contributed by atoms with van der Waals surface area (Å²) in [5.41, 5.74) is 0.766. The fourth-order valence-corrected chi connectivity index (χ4v) is 4.15. The summed E-state index contributed by atoms with van der Waals surface area (Å²) >= 11 is 0. The molecule has 15 heavy (non-hydrogen) atoms. The summed E-state index contributed by atoms with van der Waals surface area (Å²) in [5.74, 6) is 0. The minimum Gasteiger partial charge on any atom is -0.260 e. The second-order valence-corrected chi connectivity index (χ2v) is 5.55. The van der Waals surface area contributed by atoms with Crippen LogP contribution in [-0.2, 0) is 0 Å². The molecule has 3 rings (SSSR count). The number of nitroso groups, excluding NO2 is 1. The van der Waals surface area contributed by atoms with E-state index in [0.29, 0.717) is 10.8 Å². The third-order valence-corrected chi connectivity index (χ3v) is 4.96. The highest BCUT2D eigenvalue weighted by molar-refractivity contribution is 5.16. The molecular weight excluding hydrogens is 188 g/mol. The summed E-state index contributed by atoms with van der Waals surface area (Å²) in [6.45, 7) is 1.81. The largest absolute Gasteiger partial charge is 0.260 e. The van der Waals surface area contributed by atoms with Crippen LogP contribution in [0.3, 0.4) is 0 Å². The zero-order valence-electron chi connectivity index (χ0n) is 9.11. The van der Waals surface area contributed by atoms with Crippen molar-refractivity contribution >= 4 is 0 Å². The Kier molecular flexibility index (Phi) is 1.91. The average molecular weight is 206 g/mol. The second-order valence-electron chi connectivity index (χ2n) is 5.55. The summed E-state index contributed by atoms with van der Waals surface area (Å²) in [7, 11) is 0. The Bertz CT molecular complexity index is 289. The lowest BCUT2D eigenvalue weighted by molar-refractivity contribution is 0.0342. The van der Waals surface area contributed by atoms with Crippen LogP contribution in [0.1, 0.15) is 38.5 Å². The van der Waals surface area contributed by atoms with Crippen LogP contribution in [0.25, 0.3) is 0 Å². The first-order chi connectivity index (χ1) is 7.30. The lowest BCUT2D eigenvalue weighted by Gasteiger charge is -2.49. The smallest absolute Gasteiger partial charge is 0.0524 e. The van der Waals surface area contributed by atoms with Gasteiger partial charge in [0.2, 0.25) is 0 Å². The maximum Gasteiger partial charge on any atom is 0.0524 e. The molecule has 82 valence electrons. The molecule has 3 heteroatoms. The molecule has 0 unspecified atom stereocenters. The zero-order valence-corrected chi connectivity index (χ0v) is 9.11. The summed E-state index contributed by atoms with van der Waals surface area (Å²) in [6.07, 6.45) is 12.2. The number of nitrogens with zero attached hydrogens (tertiary/aromatic N) is 2. The highest BCUT2D eigenvalue weighted by Crippen LogP contribution is 2.61. The van der Waals surface area contributed by atoms with Crippen molar-refractivity contribution in [1.82, 2.24) is 5.01 Å². The molecule has 2 aliphatic carbocycles. The fraction of sp³-hybridized carbons (Fsp3) is 0.833. The Hall–Kier alpha value is -0.860. The van der Waals surface area contributed by atoms with E-state index in [1.165, 1.54) is 38.5 Å². The predicted molar refractivity (Wildman–Crippen MR) is 59.1 cm³/mol. The van der Waals surface area contributed by atoms with E-state index in [4.69, 9.17) is 0 Å². The van der Waals surface area contributed by atoms with Crippen molar-refractivity contribution in [2.75, 3.05) is 13.1 Å². The van der Waals surface area contributed by atoms with Gasteiger partial charge < -0.3 is 0 Å². The standard InChI is InChI=1S/C12H18N2O/c15-13-14-9-11-5-1-2-6-12(11,10-14)8-4-3-7-11/h1-2H,3-10H2/t11-,12+. The van der Waals surface area contributed by atoms with Crippen LogP contribution < -0.4 is 0 Å². The molecule has 0 spiro atoms. The van der Waals surface area contributed by atoms with Crippen LogP contribution in [0.4, 0.5) is 0 Å². The van der Waals surface area contributed by atoms with Crippen LogP contribution in [-0.4, -0.2) is 18.1 Å². The fourth-order valence-electron chi connectivity index (χ4n) is 4.15. The van der Waals surface area contributed by atoms with Crippen molar-refractivity contribution in [1.29, 1.82) is 0 Å². The third-order valence-electron chi connectivity index (χ3n) is 4.96. The van der Waals surface area contributed by atoms with Crippen LogP contribution in [0.15, 0.2) is 17.4 Å². The minimum atomic E-state index is 0.383.